The molecule has 3 heterocycles. The average molecular weight is 353 g/mol. The number of methoxy groups -OCH3 is 1. The molecule has 1 aromatic heterocycles. The number of carbonyl (C=O) groups is 1. The van der Waals surface area contributed by atoms with Crippen molar-refractivity contribution in [3.8, 4) is 5.75 Å². The molecule has 0 spiro atoms. The highest BCUT2D eigenvalue weighted by atomic mass is 16.5. The number of benzene rings is 1. The van der Waals surface area contributed by atoms with E-state index >= 15 is 0 Å². The molecule has 1 amide bonds. The number of likely N-dealkylation sites (N-methyl/N-ethyl adjacent to an activating group) is 1. The van der Waals surface area contributed by atoms with Crippen LogP contribution in [-0.2, 0) is 11.3 Å². The van der Waals surface area contributed by atoms with Crippen molar-refractivity contribution < 1.29 is 9.53 Å². The van der Waals surface area contributed by atoms with Gasteiger partial charge in [-0.2, -0.15) is 0 Å². The fraction of sp³-hybridized carbons (Fsp3) is 0.476. The summed E-state index contributed by atoms with van der Waals surface area (Å²) in [4.78, 5) is 17.2. The molecule has 5 heteroatoms. The van der Waals surface area contributed by atoms with Crippen LogP contribution in [0.25, 0.3) is 16.5 Å². The molecule has 0 saturated heterocycles. The summed E-state index contributed by atoms with van der Waals surface area (Å²) in [7, 11) is 3.84. The Morgan fingerprint density at radius 3 is 2.73 bits per heavy atom. The van der Waals surface area contributed by atoms with Crippen molar-refractivity contribution in [2.24, 2.45) is 5.92 Å². The van der Waals surface area contributed by atoms with E-state index in [-0.39, 0.29) is 11.8 Å². The van der Waals surface area contributed by atoms with Gasteiger partial charge in [-0.05, 0) is 44.7 Å². The third-order valence-corrected chi connectivity index (χ3v) is 5.90. The van der Waals surface area contributed by atoms with Gasteiger partial charge in [0, 0.05) is 43.3 Å². The minimum absolute atomic E-state index is 0.0890. The fourth-order valence-electron chi connectivity index (χ4n) is 4.48. The van der Waals surface area contributed by atoms with Gasteiger partial charge in [0.05, 0.1) is 24.6 Å². The summed E-state index contributed by atoms with van der Waals surface area (Å²) < 4.78 is 7.86. The van der Waals surface area contributed by atoms with E-state index in [9.17, 15) is 4.79 Å². The van der Waals surface area contributed by atoms with Gasteiger partial charge in [-0.15, -0.1) is 0 Å². The number of hydrogen-bond donors (Lipinski definition) is 0. The molecule has 2 aromatic rings. The van der Waals surface area contributed by atoms with Gasteiger partial charge in [-0.3, -0.25) is 9.69 Å². The summed E-state index contributed by atoms with van der Waals surface area (Å²) in [6.07, 6.45) is 4.38. The number of carbonyl (C=O) groups excluding carboxylic acids is 1. The zero-order valence-corrected chi connectivity index (χ0v) is 16.0. The summed E-state index contributed by atoms with van der Waals surface area (Å²) in [5.41, 5.74) is 3.71. The van der Waals surface area contributed by atoms with E-state index in [4.69, 9.17) is 4.74 Å². The molecule has 0 saturated carbocycles. The van der Waals surface area contributed by atoms with Gasteiger partial charge in [0.2, 0.25) is 5.91 Å². The van der Waals surface area contributed by atoms with Crippen LogP contribution in [0.2, 0.25) is 0 Å². The van der Waals surface area contributed by atoms with Crippen molar-refractivity contribution in [2.45, 2.75) is 26.4 Å². The summed E-state index contributed by atoms with van der Waals surface area (Å²) in [5.74, 6) is 1.01. The number of rotatable bonds is 4. The van der Waals surface area contributed by atoms with E-state index < -0.39 is 0 Å². The molecule has 2 aliphatic rings. The maximum absolute atomic E-state index is 13.0. The second-order valence-electron chi connectivity index (χ2n) is 7.28. The van der Waals surface area contributed by atoms with Gasteiger partial charge in [-0.25, -0.2) is 0 Å². The van der Waals surface area contributed by atoms with E-state index in [0.717, 1.165) is 31.9 Å². The molecule has 0 aliphatic carbocycles. The first-order valence-electron chi connectivity index (χ1n) is 9.45. The Labute approximate surface area is 154 Å². The predicted molar refractivity (Wildman–Crippen MR) is 104 cm³/mol. The summed E-state index contributed by atoms with van der Waals surface area (Å²) in [5, 5.41) is 1.19. The largest absolute Gasteiger partial charge is 0.497 e. The van der Waals surface area contributed by atoms with Gasteiger partial charge in [0.1, 0.15) is 5.75 Å². The Morgan fingerprint density at radius 2 is 2.04 bits per heavy atom. The van der Waals surface area contributed by atoms with E-state index in [2.05, 4.69) is 47.0 Å². The number of hydrogen-bond acceptors (Lipinski definition) is 3. The summed E-state index contributed by atoms with van der Waals surface area (Å²) >= 11 is 0. The molecule has 0 bridgehead atoms. The molecule has 2 unspecified atom stereocenters. The Morgan fingerprint density at radius 1 is 1.27 bits per heavy atom. The molecule has 5 nitrogen and oxygen atoms in total. The van der Waals surface area contributed by atoms with Gasteiger partial charge in [0.25, 0.3) is 0 Å². The van der Waals surface area contributed by atoms with Crippen molar-refractivity contribution in [2.75, 3.05) is 33.8 Å². The molecular formula is C21H27N3O2. The number of fused-ring (bicyclic) bond motifs is 2. The molecule has 2 aliphatic heterocycles. The van der Waals surface area contributed by atoms with Crippen LogP contribution >= 0.6 is 0 Å². The predicted octanol–water partition coefficient (Wildman–Crippen LogP) is 2.85. The molecule has 0 radical (unpaired) electrons. The maximum Gasteiger partial charge on any atom is 0.230 e. The lowest BCUT2D eigenvalue weighted by molar-refractivity contribution is -0.134. The topological polar surface area (TPSA) is 37.7 Å². The van der Waals surface area contributed by atoms with Gasteiger partial charge in [0.15, 0.2) is 0 Å². The molecule has 26 heavy (non-hydrogen) atoms. The van der Waals surface area contributed by atoms with E-state index in [1.807, 2.05) is 18.7 Å². The van der Waals surface area contributed by atoms with Crippen LogP contribution in [0.15, 0.2) is 30.5 Å². The highest BCUT2D eigenvalue weighted by Crippen LogP contribution is 2.40. The van der Waals surface area contributed by atoms with Crippen LogP contribution in [0, 0.1) is 5.92 Å². The summed E-state index contributed by atoms with van der Waals surface area (Å²) in [6.45, 7) is 7.30. The third-order valence-electron chi connectivity index (χ3n) is 5.90. The van der Waals surface area contributed by atoms with Crippen molar-refractivity contribution in [1.82, 2.24) is 14.4 Å². The first-order chi connectivity index (χ1) is 12.6. The van der Waals surface area contributed by atoms with E-state index in [1.54, 1.807) is 7.11 Å². The normalized spacial score (nSPS) is 22.1. The highest BCUT2D eigenvalue weighted by Gasteiger charge is 2.36. The van der Waals surface area contributed by atoms with Crippen LogP contribution in [0.1, 0.15) is 19.4 Å². The lowest BCUT2D eigenvalue weighted by atomic mass is 9.85. The lowest BCUT2D eigenvalue weighted by Gasteiger charge is -2.41. The summed E-state index contributed by atoms with van der Waals surface area (Å²) in [6, 6.07) is 6.65. The molecular weight excluding hydrogens is 326 g/mol. The zero-order chi connectivity index (χ0) is 18.4. The molecule has 0 fully saturated rings. The minimum atomic E-state index is -0.0890. The monoisotopic (exact) mass is 353 g/mol. The van der Waals surface area contributed by atoms with Crippen LogP contribution in [0.5, 0.6) is 5.75 Å². The number of amides is 1. The standard InChI is InChI=1S/C21H27N3O2/c1-5-23(6-2)21(25)15-10-17-18-11-16(26-4)9-14-7-8-24(20(14)18)13-19(17)22(3)12-15/h7-11,15,19H,5-6,12-13H2,1-4H3. The SMILES string of the molecule is CCN(CC)C(=O)C1C=C2c3cc(OC)cc4ccn(c34)CC2N(C)C1. The molecule has 4 rings (SSSR count). The third kappa shape index (κ3) is 2.53. The smallest absolute Gasteiger partial charge is 0.230 e. The molecule has 138 valence electrons. The van der Waals surface area contributed by atoms with Gasteiger partial charge < -0.3 is 14.2 Å². The molecule has 0 N–H and O–H groups in total. The van der Waals surface area contributed by atoms with Crippen LogP contribution in [0.4, 0.5) is 0 Å². The maximum atomic E-state index is 13.0. The number of nitrogens with zero attached hydrogens (tertiary/aromatic N) is 3. The van der Waals surface area contributed by atoms with Gasteiger partial charge >= 0.3 is 0 Å². The lowest BCUT2D eigenvalue weighted by Crippen LogP contribution is -2.48. The number of aromatic nitrogens is 1. The average Bonchev–Trinajstić information content (AvgIpc) is 3.06. The van der Waals surface area contributed by atoms with E-state index in [0.29, 0.717) is 6.04 Å². The molecule has 2 atom stereocenters. The first kappa shape index (κ1) is 17.2. The van der Waals surface area contributed by atoms with Crippen LogP contribution in [0.3, 0.4) is 0 Å². The minimum Gasteiger partial charge on any atom is -0.497 e. The van der Waals surface area contributed by atoms with E-state index in [1.165, 1.54) is 22.0 Å². The quantitative estimate of drug-likeness (QED) is 0.848. The zero-order valence-electron chi connectivity index (χ0n) is 16.0. The van der Waals surface area contributed by atoms with Crippen molar-refractivity contribution in [3.05, 3.63) is 36.0 Å². The van der Waals surface area contributed by atoms with Crippen molar-refractivity contribution >= 4 is 22.4 Å². The Balaban J connectivity index is 1.84. The Hall–Kier alpha value is -2.27. The van der Waals surface area contributed by atoms with Crippen molar-refractivity contribution in [1.29, 1.82) is 0 Å². The fourth-order valence-corrected chi connectivity index (χ4v) is 4.48. The Bertz CT molecular complexity index is 879. The highest BCUT2D eigenvalue weighted by molar-refractivity contribution is 5.97. The Kier molecular flexibility index (Phi) is 4.27. The van der Waals surface area contributed by atoms with Crippen LogP contribution in [-0.4, -0.2) is 60.1 Å². The second-order valence-corrected chi connectivity index (χ2v) is 7.28. The molecule has 1 aromatic carbocycles. The first-order valence-corrected chi connectivity index (χ1v) is 9.45. The number of ether oxygens (including phenoxy) is 1. The van der Waals surface area contributed by atoms with Crippen LogP contribution < -0.4 is 4.74 Å². The van der Waals surface area contributed by atoms with Gasteiger partial charge in [-0.1, -0.05) is 6.08 Å². The van der Waals surface area contributed by atoms with Crippen molar-refractivity contribution in [3.63, 3.8) is 0 Å². The second kappa shape index (κ2) is 6.47.